The van der Waals surface area contributed by atoms with Crippen molar-refractivity contribution < 1.29 is 8.42 Å². The molecule has 0 amide bonds. The fourth-order valence-corrected chi connectivity index (χ4v) is 3.25. The lowest BCUT2D eigenvalue weighted by Gasteiger charge is -2.28. The Bertz CT molecular complexity index is 564. The van der Waals surface area contributed by atoms with Gasteiger partial charge in [-0.1, -0.05) is 45.0 Å². The van der Waals surface area contributed by atoms with Gasteiger partial charge < -0.3 is 0 Å². The highest BCUT2D eigenvalue weighted by atomic mass is 32.2. The summed E-state index contributed by atoms with van der Waals surface area (Å²) in [6.45, 7) is 13.8. The molecule has 1 aromatic carbocycles. The third-order valence-electron chi connectivity index (χ3n) is 3.43. The molecule has 0 heterocycles. The van der Waals surface area contributed by atoms with Crippen LogP contribution in [0.5, 0.6) is 0 Å². The zero-order valence-corrected chi connectivity index (χ0v) is 15.1. The van der Waals surface area contributed by atoms with E-state index in [9.17, 15) is 8.42 Å². The first-order chi connectivity index (χ1) is 9.33. The van der Waals surface area contributed by atoms with E-state index >= 15 is 0 Å². The van der Waals surface area contributed by atoms with Crippen molar-refractivity contribution in [1.29, 1.82) is 0 Å². The van der Waals surface area contributed by atoms with E-state index in [-0.39, 0.29) is 5.41 Å². The summed E-state index contributed by atoms with van der Waals surface area (Å²) in [6, 6.07) is 8.21. The van der Waals surface area contributed by atoms with Crippen molar-refractivity contribution in [3.8, 4) is 0 Å². The molecule has 3 nitrogen and oxygen atoms in total. The smallest absolute Gasteiger partial charge is 0.212 e. The molecule has 0 radical (unpaired) electrons. The molecule has 1 aromatic rings. The van der Waals surface area contributed by atoms with Gasteiger partial charge in [0.1, 0.15) is 0 Å². The van der Waals surface area contributed by atoms with Crippen molar-refractivity contribution >= 4 is 10.0 Å². The fourth-order valence-electron chi connectivity index (χ4n) is 2.18. The highest BCUT2D eigenvalue weighted by Gasteiger charge is 2.28. The van der Waals surface area contributed by atoms with Crippen LogP contribution < -0.4 is 4.72 Å². The van der Waals surface area contributed by atoms with E-state index in [1.165, 1.54) is 5.56 Å². The van der Waals surface area contributed by atoms with Gasteiger partial charge >= 0.3 is 0 Å². The molecule has 0 aliphatic heterocycles. The average Bonchev–Trinajstić information content (AvgIpc) is 2.25. The van der Waals surface area contributed by atoms with Crippen LogP contribution in [-0.2, 0) is 22.0 Å². The van der Waals surface area contributed by atoms with Gasteiger partial charge in [-0.15, -0.1) is 0 Å². The van der Waals surface area contributed by atoms with Gasteiger partial charge in [-0.25, -0.2) is 13.1 Å². The van der Waals surface area contributed by atoms with Gasteiger partial charge in [-0.3, -0.25) is 0 Å². The quantitative estimate of drug-likeness (QED) is 0.898. The van der Waals surface area contributed by atoms with Gasteiger partial charge in [0, 0.05) is 0 Å². The summed E-state index contributed by atoms with van der Waals surface area (Å²) in [6.07, 6.45) is 1.01. The van der Waals surface area contributed by atoms with Crippen molar-refractivity contribution in [2.45, 2.75) is 65.7 Å². The molecule has 0 aliphatic rings. The molecule has 4 heteroatoms. The van der Waals surface area contributed by atoms with Gasteiger partial charge in [0.15, 0.2) is 0 Å². The normalized spacial score (nSPS) is 13.7. The number of sulfonamides is 1. The molecule has 1 N–H and O–H groups in total. The van der Waals surface area contributed by atoms with E-state index in [0.29, 0.717) is 0 Å². The molecule has 0 aliphatic carbocycles. The summed E-state index contributed by atoms with van der Waals surface area (Å²) in [7, 11) is -3.29. The largest absolute Gasteiger partial charge is 0.214 e. The Kier molecular flexibility index (Phi) is 5.27. The Balaban J connectivity index is 2.95. The number of hydrogen-bond donors (Lipinski definition) is 1. The summed E-state index contributed by atoms with van der Waals surface area (Å²) in [5, 5.41) is -0.433. The van der Waals surface area contributed by atoms with Crippen LogP contribution in [0.3, 0.4) is 0 Å². The summed E-state index contributed by atoms with van der Waals surface area (Å²) in [4.78, 5) is 0. The Morgan fingerprint density at radius 3 is 1.86 bits per heavy atom. The summed E-state index contributed by atoms with van der Waals surface area (Å²) in [5.74, 6) is 0. The van der Waals surface area contributed by atoms with E-state index in [4.69, 9.17) is 0 Å². The van der Waals surface area contributed by atoms with E-state index < -0.39 is 20.8 Å². The first-order valence-corrected chi connectivity index (χ1v) is 9.00. The van der Waals surface area contributed by atoms with Crippen molar-refractivity contribution in [3.63, 3.8) is 0 Å². The second-order valence-electron chi connectivity index (χ2n) is 7.76. The van der Waals surface area contributed by atoms with Crippen LogP contribution in [0, 0.1) is 5.41 Å². The molecule has 0 aromatic heterocycles. The maximum atomic E-state index is 12.1. The molecule has 0 bridgehead atoms. The lowest BCUT2D eigenvalue weighted by atomic mass is 9.87. The van der Waals surface area contributed by atoms with E-state index in [0.717, 1.165) is 12.0 Å². The lowest BCUT2D eigenvalue weighted by Crippen LogP contribution is -2.44. The second kappa shape index (κ2) is 6.09. The molecule has 1 rings (SSSR count). The van der Waals surface area contributed by atoms with Crippen LogP contribution in [0.1, 0.15) is 59.6 Å². The molecule has 0 atom stereocenters. The third-order valence-corrected chi connectivity index (χ3v) is 5.46. The Hall–Kier alpha value is -0.870. The SMILES string of the molecule is CC(C)S(=O)(=O)NC(C)(C)c1ccc(CC(C)(C)C)cc1. The van der Waals surface area contributed by atoms with E-state index in [1.807, 2.05) is 26.0 Å². The predicted molar refractivity (Wildman–Crippen MR) is 89.8 cm³/mol. The predicted octanol–water partition coefficient (Wildman–Crippen LogP) is 3.84. The molecule has 0 unspecified atom stereocenters. The first kappa shape index (κ1) is 18.2. The van der Waals surface area contributed by atoms with E-state index in [2.05, 4.69) is 37.6 Å². The standard InChI is InChI=1S/C17H29NO2S/c1-13(2)21(19,20)18-17(6,7)15-10-8-14(9-11-15)12-16(3,4)5/h8-11,13,18H,12H2,1-7H3. The molecule has 0 fully saturated rings. The first-order valence-electron chi connectivity index (χ1n) is 7.46. The molecular weight excluding hydrogens is 282 g/mol. The van der Waals surface area contributed by atoms with Crippen molar-refractivity contribution in [2.75, 3.05) is 0 Å². The van der Waals surface area contributed by atoms with E-state index in [1.54, 1.807) is 13.8 Å². The number of nitrogens with one attached hydrogen (secondary N) is 1. The monoisotopic (exact) mass is 311 g/mol. The van der Waals surface area contributed by atoms with Gasteiger partial charge in [0.05, 0.1) is 10.8 Å². The third kappa shape index (κ3) is 5.44. The van der Waals surface area contributed by atoms with Gasteiger partial charge in [-0.05, 0) is 50.7 Å². The molecule has 120 valence electrons. The van der Waals surface area contributed by atoms with Crippen LogP contribution in [0.25, 0.3) is 0 Å². The highest BCUT2D eigenvalue weighted by molar-refractivity contribution is 7.90. The molecular formula is C17H29NO2S. The second-order valence-corrected chi connectivity index (χ2v) is 9.99. The Morgan fingerprint density at radius 2 is 1.48 bits per heavy atom. The van der Waals surface area contributed by atoms with Crippen LogP contribution >= 0.6 is 0 Å². The topological polar surface area (TPSA) is 46.2 Å². The van der Waals surface area contributed by atoms with Gasteiger partial charge in [0.2, 0.25) is 10.0 Å². The minimum Gasteiger partial charge on any atom is -0.212 e. The van der Waals surface area contributed by atoms with Crippen molar-refractivity contribution in [2.24, 2.45) is 5.41 Å². The van der Waals surface area contributed by atoms with Crippen LogP contribution in [0.4, 0.5) is 0 Å². The fraction of sp³-hybridized carbons (Fsp3) is 0.647. The zero-order valence-electron chi connectivity index (χ0n) is 14.3. The van der Waals surface area contributed by atoms with Crippen molar-refractivity contribution in [1.82, 2.24) is 4.72 Å². The van der Waals surface area contributed by atoms with Gasteiger partial charge in [0.25, 0.3) is 0 Å². The maximum Gasteiger partial charge on any atom is 0.214 e. The summed E-state index contributed by atoms with van der Waals surface area (Å²) in [5.41, 5.74) is 1.89. The lowest BCUT2D eigenvalue weighted by molar-refractivity contribution is 0.411. The average molecular weight is 311 g/mol. The minimum atomic E-state index is -3.29. The summed E-state index contributed by atoms with van der Waals surface area (Å²) < 4.78 is 26.9. The molecule has 0 saturated heterocycles. The maximum absolute atomic E-state index is 12.1. The van der Waals surface area contributed by atoms with Gasteiger partial charge in [-0.2, -0.15) is 0 Å². The summed E-state index contributed by atoms with van der Waals surface area (Å²) >= 11 is 0. The Labute approximate surface area is 130 Å². The molecule has 21 heavy (non-hydrogen) atoms. The van der Waals surface area contributed by atoms with Crippen LogP contribution in [0.15, 0.2) is 24.3 Å². The van der Waals surface area contributed by atoms with Crippen LogP contribution in [-0.4, -0.2) is 13.7 Å². The molecule has 0 saturated carbocycles. The zero-order chi connectivity index (χ0) is 16.5. The minimum absolute atomic E-state index is 0.246. The number of hydrogen-bond acceptors (Lipinski definition) is 2. The highest BCUT2D eigenvalue weighted by Crippen LogP contribution is 2.25. The Morgan fingerprint density at radius 1 is 1.00 bits per heavy atom. The van der Waals surface area contributed by atoms with Crippen molar-refractivity contribution in [3.05, 3.63) is 35.4 Å². The molecule has 0 spiro atoms. The van der Waals surface area contributed by atoms with Crippen LogP contribution in [0.2, 0.25) is 0 Å². The number of rotatable bonds is 5. The number of benzene rings is 1.